The van der Waals surface area contributed by atoms with Crippen LogP contribution < -0.4 is 10.5 Å². The molecule has 21 heavy (non-hydrogen) atoms. The van der Waals surface area contributed by atoms with Crippen molar-refractivity contribution >= 4 is 10.8 Å². The summed E-state index contributed by atoms with van der Waals surface area (Å²) in [6.45, 7) is 0. The number of benzene rings is 3. The van der Waals surface area contributed by atoms with E-state index in [1.165, 1.54) is 12.1 Å². The molecule has 0 heterocycles. The van der Waals surface area contributed by atoms with Gasteiger partial charge in [0.15, 0.2) is 0 Å². The van der Waals surface area contributed by atoms with Gasteiger partial charge in [0.1, 0.15) is 11.6 Å². The molecule has 2 nitrogen and oxygen atoms in total. The highest BCUT2D eigenvalue weighted by atomic mass is 19.1. The van der Waals surface area contributed by atoms with E-state index in [4.69, 9.17) is 10.5 Å². The normalized spacial score (nSPS) is 12.3. The summed E-state index contributed by atoms with van der Waals surface area (Å²) in [5.74, 6) is 0.554. The summed E-state index contributed by atoms with van der Waals surface area (Å²) in [6, 6.07) is 18.0. The largest absolute Gasteiger partial charge is 0.497 e. The van der Waals surface area contributed by atoms with Crippen LogP contribution in [0.3, 0.4) is 0 Å². The van der Waals surface area contributed by atoms with E-state index in [-0.39, 0.29) is 11.9 Å². The smallest absolute Gasteiger partial charge is 0.123 e. The molecule has 3 rings (SSSR count). The van der Waals surface area contributed by atoms with E-state index in [9.17, 15) is 4.39 Å². The first-order valence-corrected chi connectivity index (χ1v) is 6.76. The van der Waals surface area contributed by atoms with Crippen LogP contribution in [0.4, 0.5) is 4.39 Å². The topological polar surface area (TPSA) is 35.2 Å². The van der Waals surface area contributed by atoms with Crippen molar-refractivity contribution in [3.05, 3.63) is 77.6 Å². The van der Waals surface area contributed by atoms with Crippen molar-refractivity contribution in [3.8, 4) is 5.75 Å². The first-order valence-electron chi connectivity index (χ1n) is 6.76. The van der Waals surface area contributed by atoms with Crippen molar-refractivity contribution in [2.45, 2.75) is 6.04 Å². The number of halogens is 1. The summed E-state index contributed by atoms with van der Waals surface area (Å²) >= 11 is 0. The van der Waals surface area contributed by atoms with E-state index in [0.717, 1.165) is 27.6 Å². The third kappa shape index (κ3) is 2.73. The quantitative estimate of drug-likeness (QED) is 0.786. The van der Waals surface area contributed by atoms with Crippen LogP contribution in [0.2, 0.25) is 0 Å². The second-order valence-corrected chi connectivity index (χ2v) is 5.01. The van der Waals surface area contributed by atoms with Gasteiger partial charge in [-0.25, -0.2) is 4.39 Å². The Balaban J connectivity index is 2.00. The molecule has 0 aliphatic carbocycles. The van der Waals surface area contributed by atoms with E-state index in [0.29, 0.717) is 0 Å². The van der Waals surface area contributed by atoms with Crippen molar-refractivity contribution in [3.63, 3.8) is 0 Å². The molecule has 0 aromatic heterocycles. The lowest BCUT2D eigenvalue weighted by Crippen LogP contribution is -2.11. The summed E-state index contributed by atoms with van der Waals surface area (Å²) in [6.07, 6.45) is 0. The second-order valence-electron chi connectivity index (χ2n) is 5.01. The fourth-order valence-electron chi connectivity index (χ4n) is 2.46. The van der Waals surface area contributed by atoms with Crippen LogP contribution in [0.5, 0.6) is 5.75 Å². The Bertz CT molecular complexity index is 785. The Morgan fingerprint density at radius 1 is 0.905 bits per heavy atom. The molecule has 3 aromatic carbocycles. The molecule has 106 valence electrons. The number of rotatable bonds is 3. The van der Waals surface area contributed by atoms with Crippen molar-refractivity contribution in [1.82, 2.24) is 0 Å². The molecule has 0 fully saturated rings. The van der Waals surface area contributed by atoms with E-state index in [2.05, 4.69) is 0 Å². The van der Waals surface area contributed by atoms with E-state index < -0.39 is 0 Å². The number of fused-ring (bicyclic) bond motifs is 1. The minimum Gasteiger partial charge on any atom is -0.497 e. The number of hydrogen-bond acceptors (Lipinski definition) is 2. The highest BCUT2D eigenvalue weighted by Gasteiger charge is 2.10. The van der Waals surface area contributed by atoms with E-state index >= 15 is 0 Å². The second kappa shape index (κ2) is 5.54. The van der Waals surface area contributed by atoms with E-state index in [1.807, 2.05) is 42.5 Å². The molecule has 0 aliphatic rings. The van der Waals surface area contributed by atoms with Crippen molar-refractivity contribution in [2.24, 2.45) is 5.73 Å². The molecule has 0 saturated carbocycles. The molecule has 3 heteroatoms. The molecule has 0 spiro atoms. The summed E-state index contributed by atoms with van der Waals surface area (Å²) in [7, 11) is 1.65. The molecule has 0 bridgehead atoms. The molecule has 0 saturated heterocycles. The Morgan fingerprint density at radius 3 is 2.38 bits per heavy atom. The molecule has 1 atom stereocenters. The van der Waals surface area contributed by atoms with Crippen LogP contribution in [-0.4, -0.2) is 7.11 Å². The van der Waals surface area contributed by atoms with Crippen LogP contribution in [0.1, 0.15) is 17.2 Å². The third-order valence-corrected chi connectivity index (χ3v) is 3.64. The van der Waals surface area contributed by atoms with Crippen LogP contribution in [0.15, 0.2) is 60.7 Å². The van der Waals surface area contributed by atoms with Crippen LogP contribution >= 0.6 is 0 Å². The third-order valence-electron chi connectivity index (χ3n) is 3.64. The molecule has 0 amide bonds. The molecule has 0 radical (unpaired) electrons. The zero-order valence-corrected chi connectivity index (χ0v) is 11.7. The van der Waals surface area contributed by atoms with Crippen molar-refractivity contribution in [1.29, 1.82) is 0 Å². The first-order chi connectivity index (χ1) is 10.2. The molecule has 0 aliphatic heterocycles. The Labute approximate surface area is 123 Å². The van der Waals surface area contributed by atoms with Gasteiger partial charge in [-0.1, -0.05) is 30.3 Å². The minimum atomic E-state index is -0.341. The standard InChI is InChI=1S/C18H16FNO/c1-21-17-8-7-12-9-15(6-5-13(12)11-17)18(20)14-3-2-4-16(19)10-14/h2-11,18H,20H2,1H3. The molecule has 1 unspecified atom stereocenters. The Hall–Kier alpha value is -2.39. The molecular formula is C18H16FNO. The van der Waals surface area contributed by atoms with Crippen molar-refractivity contribution < 1.29 is 9.13 Å². The maximum atomic E-state index is 13.3. The van der Waals surface area contributed by atoms with Gasteiger partial charge in [0.2, 0.25) is 0 Å². The highest BCUT2D eigenvalue weighted by molar-refractivity contribution is 5.84. The van der Waals surface area contributed by atoms with Crippen LogP contribution in [0.25, 0.3) is 10.8 Å². The Kier molecular flexibility index (Phi) is 3.59. The minimum absolute atomic E-state index is 0.270. The lowest BCUT2D eigenvalue weighted by molar-refractivity contribution is 0.415. The van der Waals surface area contributed by atoms with E-state index in [1.54, 1.807) is 13.2 Å². The summed E-state index contributed by atoms with van der Waals surface area (Å²) < 4.78 is 18.5. The zero-order valence-electron chi connectivity index (χ0n) is 11.7. The lowest BCUT2D eigenvalue weighted by Gasteiger charge is -2.14. The molecule has 2 N–H and O–H groups in total. The maximum Gasteiger partial charge on any atom is 0.123 e. The van der Waals surface area contributed by atoms with Crippen LogP contribution in [-0.2, 0) is 0 Å². The maximum absolute atomic E-state index is 13.3. The number of hydrogen-bond donors (Lipinski definition) is 1. The number of nitrogens with two attached hydrogens (primary N) is 1. The predicted octanol–water partition coefficient (Wildman–Crippen LogP) is 4.04. The van der Waals surface area contributed by atoms with Gasteiger partial charge in [-0.05, 0) is 52.2 Å². The van der Waals surface area contributed by atoms with Crippen LogP contribution in [0, 0.1) is 5.82 Å². The molecule has 3 aromatic rings. The van der Waals surface area contributed by atoms with Gasteiger partial charge in [0.05, 0.1) is 13.2 Å². The van der Waals surface area contributed by atoms with Gasteiger partial charge in [-0.3, -0.25) is 0 Å². The average Bonchev–Trinajstić information content (AvgIpc) is 2.53. The molecular weight excluding hydrogens is 265 g/mol. The van der Waals surface area contributed by atoms with Gasteiger partial charge in [-0.15, -0.1) is 0 Å². The van der Waals surface area contributed by atoms with Crippen molar-refractivity contribution in [2.75, 3.05) is 7.11 Å². The SMILES string of the molecule is COc1ccc2cc(C(N)c3cccc(F)c3)ccc2c1. The predicted molar refractivity (Wildman–Crippen MR) is 82.9 cm³/mol. The lowest BCUT2D eigenvalue weighted by atomic mass is 9.97. The average molecular weight is 281 g/mol. The summed E-state index contributed by atoms with van der Waals surface area (Å²) in [5.41, 5.74) is 7.96. The summed E-state index contributed by atoms with van der Waals surface area (Å²) in [5, 5.41) is 2.17. The van der Waals surface area contributed by atoms with Gasteiger partial charge >= 0.3 is 0 Å². The fourth-order valence-corrected chi connectivity index (χ4v) is 2.46. The van der Waals surface area contributed by atoms with Gasteiger partial charge < -0.3 is 10.5 Å². The summed E-state index contributed by atoms with van der Waals surface area (Å²) in [4.78, 5) is 0. The highest BCUT2D eigenvalue weighted by Crippen LogP contribution is 2.26. The number of methoxy groups -OCH3 is 1. The zero-order chi connectivity index (χ0) is 14.8. The fraction of sp³-hybridized carbons (Fsp3) is 0.111. The van der Waals surface area contributed by atoms with Gasteiger partial charge in [0, 0.05) is 0 Å². The van der Waals surface area contributed by atoms with Gasteiger partial charge in [0.25, 0.3) is 0 Å². The monoisotopic (exact) mass is 281 g/mol. The number of ether oxygens (including phenoxy) is 1. The Morgan fingerprint density at radius 2 is 1.62 bits per heavy atom. The van der Waals surface area contributed by atoms with Gasteiger partial charge in [-0.2, -0.15) is 0 Å². The first kappa shape index (κ1) is 13.6.